The summed E-state index contributed by atoms with van der Waals surface area (Å²) < 4.78 is 7.06. The molecule has 170 valence electrons. The van der Waals surface area contributed by atoms with Gasteiger partial charge in [0.15, 0.2) is 0 Å². The van der Waals surface area contributed by atoms with E-state index in [9.17, 15) is 14.4 Å². The molecular formula is C24H20Cl2N2O4S. The summed E-state index contributed by atoms with van der Waals surface area (Å²) in [4.78, 5) is 38.3. The number of imide groups is 1. The number of halogens is 2. The van der Waals surface area contributed by atoms with Gasteiger partial charge in [0.05, 0.1) is 17.6 Å². The lowest BCUT2D eigenvalue weighted by atomic mass is 10.1. The molecule has 2 heterocycles. The Morgan fingerprint density at radius 3 is 2.48 bits per heavy atom. The molecule has 0 spiro atoms. The predicted octanol–water partition coefficient (Wildman–Crippen LogP) is 5.98. The molecule has 1 aliphatic heterocycles. The second-order valence-electron chi connectivity index (χ2n) is 7.74. The lowest BCUT2D eigenvalue weighted by Crippen LogP contribution is -2.35. The van der Waals surface area contributed by atoms with E-state index in [-0.39, 0.29) is 11.0 Å². The van der Waals surface area contributed by atoms with E-state index in [1.165, 1.54) is 0 Å². The number of ether oxygens (including phenoxy) is 1. The van der Waals surface area contributed by atoms with Gasteiger partial charge in [-0.3, -0.25) is 19.3 Å². The Kier molecular flexibility index (Phi) is 6.83. The standard InChI is InChI=1S/C24H20Cl2N2O4S/c1-14(2)32-22(29)13-28-23(30)21(33-24(28)31)10-15-11-27(20-9-4-3-6-16(15)20)12-17-18(25)7-5-8-19(17)26/h3-11,14H,12-13H2,1-2H3/b21-10-. The smallest absolute Gasteiger partial charge is 0.326 e. The Morgan fingerprint density at radius 1 is 1.09 bits per heavy atom. The third-order valence-electron chi connectivity index (χ3n) is 5.02. The van der Waals surface area contributed by atoms with E-state index in [1.54, 1.807) is 38.1 Å². The number of amides is 2. The van der Waals surface area contributed by atoms with E-state index in [1.807, 2.05) is 35.0 Å². The van der Waals surface area contributed by atoms with Gasteiger partial charge in [-0.05, 0) is 49.9 Å². The van der Waals surface area contributed by atoms with Crippen molar-refractivity contribution < 1.29 is 19.1 Å². The van der Waals surface area contributed by atoms with Crippen molar-refractivity contribution in [1.29, 1.82) is 0 Å². The molecule has 6 nitrogen and oxygen atoms in total. The molecular weight excluding hydrogens is 483 g/mol. The predicted molar refractivity (Wildman–Crippen MR) is 131 cm³/mol. The van der Waals surface area contributed by atoms with Crippen LogP contribution in [0.15, 0.2) is 53.6 Å². The van der Waals surface area contributed by atoms with E-state index in [2.05, 4.69) is 0 Å². The summed E-state index contributed by atoms with van der Waals surface area (Å²) in [6.07, 6.45) is 3.24. The molecule has 2 amide bonds. The van der Waals surface area contributed by atoms with E-state index in [0.717, 1.165) is 38.7 Å². The first kappa shape index (κ1) is 23.4. The van der Waals surface area contributed by atoms with Gasteiger partial charge in [-0.25, -0.2) is 0 Å². The summed E-state index contributed by atoms with van der Waals surface area (Å²) in [6, 6.07) is 13.1. The van der Waals surface area contributed by atoms with Crippen LogP contribution in [0.5, 0.6) is 0 Å². The van der Waals surface area contributed by atoms with Crippen LogP contribution in [-0.2, 0) is 20.9 Å². The molecule has 0 atom stereocenters. The Bertz CT molecular complexity index is 1280. The van der Waals surface area contributed by atoms with Crippen LogP contribution in [-0.4, -0.2) is 39.2 Å². The van der Waals surface area contributed by atoms with Crippen molar-refractivity contribution >= 4 is 69.1 Å². The number of carbonyl (C=O) groups excluding carboxylic acids is 3. The molecule has 33 heavy (non-hydrogen) atoms. The number of carbonyl (C=O) groups is 3. The van der Waals surface area contributed by atoms with Gasteiger partial charge in [0.25, 0.3) is 11.1 Å². The van der Waals surface area contributed by atoms with Gasteiger partial charge < -0.3 is 9.30 Å². The summed E-state index contributed by atoms with van der Waals surface area (Å²) in [5, 5.41) is 1.54. The third-order valence-corrected chi connectivity index (χ3v) is 6.64. The molecule has 1 fully saturated rings. The van der Waals surface area contributed by atoms with Crippen LogP contribution in [0.4, 0.5) is 4.79 Å². The molecule has 1 saturated heterocycles. The Morgan fingerprint density at radius 2 is 1.79 bits per heavy atom. The summed E-state index contributed by atoms with van der Waals surface area (Å²) in [6.45, 7) is 3.44. The quantitative estimate of drug-likeness (QED) is 0.306. The highest BCUT2D eigenvalue weighted by Crippen LogP contribution is 2.35. The molecule has 0 N–H and O–H groups in total. The van der Waals surface area contributed by atoms with E-state index in [0.29, 0.717) is 16.6 Å². The highest BCUT2D eigenvalue weighted by Gasteiger charge is 2.37. The number of para-hydroxylation sites is 1. The van der Waals surface area contributed by atoms with Crippen LogP contribution in [0.2, 0.25) is 10.0 Å². The highest BCUT2D eigenvalue weighted by atomic mass is 35.5. The second kappa shape index (κ2) is 9.63. The number of hydrogen-bond donors (Lipinski definition) is 0. The summed E-state index contributed by atoms with van der Waals surface area (Å²) in [5.41, 5.74) is 2.49. The number of hydrogen-bond acceptors (Lipinski definition) is 5. The minimum atomic E-state index is -0.623. The van der Waals surface area contributed by atoms with Crippen LogP contribution < -0.4 is 0 Å². The molecule has 0 aliphatic carbocycles. The molecule has 0 bridgehead atoms. The molecule has 9 heteroatoms. The van der Waals surface area contributed by atoms with Crippen LogP contribution in [0, 0.1) is 0 Å². The monoisotopic (exact) mass is 502 g/mol. The van der Waals surface area contributed by atoms with Gasteiger partial charge in [-0.15, -0.1) is 0 Å². The first-order valence-electron chi connectivity index (χ1n) is 10.2. The summed E-state index contributed by atoms with van der Waals surface area (Å²) in [5.74, 6) is -1.14. The van der Waals surface area contributed by atoms with Crippen molar-refractivity contribution in [3.05, 3.63) is 74.7 Å². The molecule has 1 aromatic heterocycles. The lowest BCUT2D eigenvalue weighted by Gasteiger charge is -2.13. The maximum atomic E-state index is 12.8. The van der Waals surface area contributed by atoms with E-state index >= 15 is 0 Å². The van der Waals surface area contributed by atoms with Crippen molar-refractivity contribution in [1.82, 2.24) is 9.47 Å². The van der Waals surface area contributed by atoms with Gasteiger partial charge >= 0.3 is 5.97 Å². The number of rotatable bonds is 6. The molecule has 1 aliphatic rings. The van der Waals surface area contributed by atoms with Gasteiger partial charge in [0.2, 0.25) is 0 Å². The number of esters is 1. The van der Waals surface area contributed by atoms with Crippen molar-refractivity contribution in [2.45, 2.75) is 26.5 Å². The normalized spacial score (nSPS) is 15.3. The number of benzene rings is 2. The molecule has 2 aromatic carbocycles. The van der Waals surface area contributed by atoms with Gasteiger partial charge in [0.1, 0.15) is 6.54 Å². The summed E-state index contributed by atoms with van der Waals surface area (Å²) >= 11 is 13.5. The van der Waals surface area contributed by atoms with Crippen LogP contribution in [0.3, 0.4) is 0 Å². The minimum absolute atomic E-state index is 0.246. The first-order chi connectivity index (χ1) is 15.7. The number of nitrogens with zero attached hydrogens (tertiary/aromatic N) is 2. The Labute approximate surface area is 205 Å². The van der Waals surface area contributed by atoms with Crippen molar-refractivity contribution in [3.8, 4) is 0 Å². The van der Waals surface area contributed by atoms with Crippen molar-refractivity contribution in [2.75, 3.05) is 6.54 Å². The first-order valence-corrected chi connectivity index (χ1v) is 11.8. The third kappa shape index (κ3) is 4.95. The van der Waals surface area contributed by atoms with Gasteiger partial charge in [-0.1, -0.05) is 47.5 Å². The largest absolute Gasteiger partial charge is 0.462 e. The zero-order valence-electron chi connectivity index (χ0n) is 17.9. The molecule has 4 rings (SSSR count). The average molecular weight is 503 g/mol. The number of fused-ring (bicyclic) bond motifs is 1. The van der Waals surface area contributed by atoms with Crippen molar-refractivity contribution in [2.24, 2.45) is 0 Å². The SMILES string of the molecule is CC(C)OC(=O)CN1C(=O)S/C(=C\c2cn(Cc3c(Cl)cccc3Cl)c3ccccc23)C1=O. The van der Waals surface area contributed by atoms with Crippen LogP contribution in [0.1, 0.15) is 25.0 Å². The fourth-order valence-corrected chi connectivity index (χ4v) is 4.93. The van der Waals surface area contributed by atoms with Crippen molar-refractivity contribution in [3.63, 3.8) is 0 Å². The van der Waals surface area contributed by atoms with Crippen LogP contribution >= 0.6 is 35.0 Å². The summed E-state index contributed by atoms with van der Waals surface area (Å²) in [7, 11) is 0. The fourth-order valence-electron chi connectivity index (χ4n) is 3.58. The Balaban J connectivity index is 1.66. The van der Waals surface area contributed by atoms with Gasteiger partial charge in [0, 0.05) is 38.3 Å². The lowest BCUT2D eigenvalue weighted by molar-refractivity contribution is -0.149. The topological polar surface area (TPSA) is 68.6 Å². The number of aromatic nitrogens is 1. The molecule has 3 aromatic rings. The zero-order chi connectivity index (χ0) is 23.7. The van der Waals surface area contributed by atoms with E-state index < -0.39 is 23.7 Å². The number of thioether (sulfide) groups is 1. The molecule has 0 radical (unpaired) electrons. The Hall–Kier alpha value is -2.74. The maximum Gasteiger partial charge on any atom is 0.326 e. The second-order valence-corrected chi connectivity index (χ2v) is 9.54. The van der Waals surface area contributed by atoms with Gasteiger partial charge in [-0.2, -0.15) is 0 Å². The highest BCUT2D eigenvalue weighted by molar-refractivity contribution is 8.18. The molecule has 0 saturated carbocycles. The maximum absolute atomic E-state index is 12.8. The molecule has 0 unspecified atom stereocenters. The van der Waals surface area contributed by atoms with E-state index in [4.69, 9.17) is 27.9 Å². The zero-order valence-corrected chi connectivity index (χ0v) is 20.2. The fraction of sp³-hybridized carbons (Fsp3) is 0.208. The minimum Gasteiger partial charge on any atom is -0.462 e. The van der Waals surface area contributed by atoms with Crippen LogP contribution in [0.25, 0.3) is 17.0 Å². The average Bonchev–Trinajstić information content (AvgIpc) is 3.23.